The van der Waals surface area contributed by atoms with Gasteiger partial charge in [0.1, 0.15) is 35.4 Å². The van der Waals surface area contributed by atoms with Crippen molar-refractivity contribution in [2.75, 3.05) is 26.6 Å². The Morgan fingerprint density at radius 3 is 2.53 bits per heavy atom. The number of benzene rings is 1. The maximum absolute atomic E-state index is 11.7. The lowest BCUT2D eigenvalue weighted by Crippen LogP contribution is -2.21. The fourth-order valence-electron chi connectivity index (χ4n) is 3.58. The molecule has 1 aliphatic heterocycles. The number of nitrogens with zero attached hydrogens (tertiary/aromatic N) is 3. The number of aliphatic hydroxyl groups excluding tert-OH is 1. The van der Waals surface area contributed by atoms with E-state index in [1.54, 1.807) is 19.2 Å². The molecule has 0 aliphatic carbocycles. The Bertz CT molecular complexity index is 1340. The summed E-state index contributed by atoms with van der Waals surface area (Å²) in [4.78, 5) is 15.7. The summed E-state index contributed by atoms with van der Waals surface area (Å²) in [5.74, 6) is 1.51. The smallest absolute Gasteiger partial charge is 0.237 e. The van der Waals surface area contributed by atoms with E-state index in [2.05, 4.69) is 19.9 Å². The van der Waals surface area contributed by atoms with Crippen molar-refractivity contribution in [1.82, 2.24) is 15.0 Å². The Hall–Kier alpha value is -3.48. The highest BCUT2D eigenvalue weighted by atomic mass is 32.2. The predicted molar refractivity (Wildman–Crippen MR) is 131 cm³/mol. The fraction of sp³-hybridized carbons (Fsp3) is 0.375. The van der Waals surface area contributed by atoms with Gasteiger partial charge in [0.05, 0.1) is 25.6 Å². The molecule has 1 aliphatic rings. The van der Waals surface area contributed by atoms with Gasteiger partial charge in [0.15, 0.2) is 14.9 Å². The third-order valence-corrected chi connectivity index (χ3v) is 6.33. The van der Waals surface area contributed by atoms with E-state index < -0.39 is 9.84 Å². The molecule has 0 radical (unpaired) electrons. The molecule has 0 fully saturated rings. The molecule has 0 amide bonds. The number of aromatic nitrogens is 3. The van der Waals surface area contributed by atoms with Gasteiger partial charge < -0.3 is 29.0 Å². The first-order valence-electron chi connectivity index (χ1n) is 11.2. The predicted octanol–water partition coefficient (Wildman–Crippen LogP) is 2.61. The molecule has 192 valence electrons. The maximum Gasteiger partial charge on any atom is 0.237 e. The van der Waals surface area contributed by atoms with Crippen molar-refractivity contribution in [3.63, 3.8) is 0 Å². The number of aliphatic hydroxyl groups is 1. The van der Waals surface area contributed by atoms with Crippen LogP contribution in [0.5, 0.6) is 17.4 Å². The first kappa shape index (κ1) is 25.6. The average molecular weight is 517 g/mol. The van der Waals surface area contributed by atoms with Crippen molar-refractivity contribution >= 4 is 15.7 Å². The van der Waals surface area contributed by atoms with Gasteiger partial charge in [0.2, 0.25) is 11.8 Å². The van der Waals surface area contributed by atoms with Gasteiger partial charge in [-0.2, -0.15) is 0 Å². The van der Waals surface area contributed by atoms with Crippen molar-refractivity contribution < 1.29 is 32.5 Å². The minimum Gasteiger partial charge on any atom is -0.488 e. The van der Waals surface area contributed by atoms with Crippen LogP contribution >= 0.6 is 0 Å². The van der Waals surface area contributed by atoms with Crippen LogP contribution in [0, 0.1) is 0 Å². The molecular formula is C24H28N4O7S. The number of hydrogen-bond donors (Lipinski definition) is 2. The van der Waals surface area contributed by atoms with E-state index in [4.69, 9.17) is 18.9 Å². The van der Waals surface area contributed by atoms with Gasteiger partial charge in [0.25, 0.3) is 0 Å². The summed E-state index contributed by atoms with van der Waals surface area (Å²) in [7, 11) is -1.88. The largest absolute Gasteiger partial charge is 0.488 e. The molecule has 4 rings (SSSR count). The Kier molecular flexibility index (Phi) is 7.57. The molecule has 0 saturated heterocycles. The van der Waals surface area contributed by atoms with Crippen molar-refractivity contribution in [2.24, 2.45) is 4.99 Å². The van der Waals surface area contributed by atoms with Gasteiger partial charge in [-0.3, -0.25) is 0 Å². The summed E-state index contributed by atoms with van der Waals surface area (Å²) in [5.41, 5.74) is 2.19. The number of methoxy groups -OCH3 is 1. The molecular weight excluding hydrogens is 488 g/mol. The van der Waals surface area contributed by atoms with E-state index in [0.29, 0.717) is 29.7 Å². The second kappa shape index (κ2) is 10.6. The second-order valence-corrected chi connectivity index (χ2v) is 10.4. The van der Waals surface area contributed by atoms with Crippen LogP contribution in [0.25, 0.3) is 11.3 Å². The number of sulfone groups is 1. The molecule has 36 heavy (non-hydrogen) atoms. The highest BCUT2D eigenvalue weighted by Gasteiger charge is 2.28. The Balaban J connectivity index is 1.64. The zero-order valence-electron chi connectivity index (χ0n) is 20.3. The second-order valence-electron chi connectivity index (χ2n) is 8.44. The van der Waals surface area contributed by atoms with Crippen LogP contribution in [0.1, 0.15) is 19.5 Å². The first-order valence-corrected chi connectivity index (χ1v) is 13.1. The van der Waals surface area contributed by atoms with E-state index in [-0.39, 0.29) is 35.8 Å². The van der Waals surface area contributed by atoms with E-state index in [9.17, 15) is 13.5 Å². The lowest BCUT2D eigenvalue weighted by molar-refractivity contribution is 0.0920. The van der Waals surface area contributed by atoms with Gasteiger partial charge in [-0.25, -0.2) is 23.4 Å². The highest BCUT2D eigenvalue weighted by Crippen LogP contribution is 2.33. The number of ether oxygens (including phenoxy) is 4. The quantitative estimate of drug-likeness (QED) is 0.415. The van der Waals surface area contributed by atoms with Crippen LogP contribution in [-0.2, 0) is 19.3 Å². The number of aromatic amines is 1. The molecule has 0 bridgehead atoms. The van der Waals surface area contributed by atoms with Crippen LogP contribution in [-0.4, -0.2) is 79.2 Å². The summed E-state index contributed by atoms with van der Waals surface area (Å²) in [6.45, 7) is 4.05. The summed E-state index contributed by atoms with van der Waals surface area (Å²) >= 11 is 0. The Morgan fingerprint density at radius 2 is 1.89 bits per heavy atom. The third-order valence-electron chi connectivity index (χ3n) is 5.36. The van der Waals surface area contributed by atoms with E-state index >= 15 is 0 Å². The number of rotatable bonds is 10. The highest BCUT2D eigenvalue weighted by molar-refractivity contribution is 7.90. The summed E-state index contributed by atoms with van der Waals surface area (Å²) in [6.07, 6.45) is 3.02. The van der Waals surface area contributed by atoms with Crippen molar-refractivity contribution in [3.8, 4) is 28.6 Å². The molecule has 3 atom stereocenters. The fourth-order valence-corrected chi connectivity index (χ4v) is 4.06. The molecule has 11 nitrogen and oxygen atoms in total. The van der Waals surface area contributed by atoms with Crippen molar-refractivity contribution in [3.05, 3.63) is 48.4 Å². The minimum absolute atomic E-state index is 0.0912. The van der Waals surface area contributed by atoms with E-state index in [1.165, 1.54) is 6.20 Å². The molecule has 0 saturated carbocycles. The number of H-pyrrole nitrogens is 1. The number of aliphatic imine (C=N–C) groups is 1. The molecule has 3 heterocycles. The molecule has 3 aromatic rings. The molecule has 2 N–H and O–H groups in total. The summed E-state index contributed by atoms with van der Waals surface area (Å²) in [6, 6.07) is 8.75. The van der Waals surface area contributed by atoms with Gasteiger partial charge in [-0.05, 0) is 38.1 Å². The van der Waals surface area contributed by atoms with Gasteiger partial charge in [-0.1, -0.05) is 0 Å². The average Bonchev–Trinajstić information content (AvgIpc) is 3.45. The maximum atomic E-state index is 11.7. The summed E-state index contributed by atoms with van der Waals surface area (Å²) in [5, 5.41) is 9.31. The van der Waals surface area contributed by atoms with Crippen LogP contribution in [0.15, 0.2) is 52.7 Å². The standard InChI is InChI=1S/C24H28N4O7S/c1-14(13-32-3)33-17-7-16(19-5-6-20(27-19)24-28-21(12-29)15(2)34-24)8-18(9-17)35-22-10-26-23(11-25-22)36(4,30)31/h5-11,14-15,21,27,29H,12-13H2,1-4H3/t14-,15-,21+/m0/s1. The van der Waals surface area contributed by atoms with Crippen LogP contribution in [0.4, 0.5) is 0 Å². The van der Waals surface area contributed by atoms with Gasteiger partial charge in [-0.15, -0.1) is 0 Å². The zero-order chi connectivity index (χ0) is 25.9. The molecule has 12 heteroatoms. The Morgan fingerprint density at radius 1 is 1.14 bits per heavy atom. The van der Waals surface area contributed by atoms with Crippen LogP contribution < -0.4 is 9.47 Å². The monoisotopic (exact) mass is 516 g/mol. The SMILES string of the molecule is COC[C@H](C)Oc1cc(Oc2cnc(S(C)(=O)=O)cn2)cc(-c2ccc(C3=N[C@H](CO)[C@H](C)O3)[nH]2)c1. The lowest BCUT2D eigenvalue weighted by atomic mass is 10.1. The molecule has 2 aromatic heterocycles. The normalized spacial score (nSPS) is 18.4. The summed E-state index contributed by atoms with van der Waals surface area (Å²) < 4.78 is 46.1. The number of nitrogens with one attached hydrogen (secondary N) is 1. The van der Waals surface area contributed by atoms with Gasteiger partial charge >= 0.3 is 0 Å². The number of hydrogen-bond acceptors (Lipinski definition) is 10. The third kappa shape index (κ3) is 6.01. The topological polar surface area (TPSA) is 145 Å². The van der Waals surface area contributed by atoms with Crippen molar-refractivity contribution in [2.45, 2.75) is 37.1 Å². The minimum atomic E-state index is -3.47. The first-order chi connectivity index (χ1) is 17.2. The van der Waals surface area contributed by atoms with Gasteiger partial charge in [0, 0.05) is 30.7 Å². The lowest BCUT2D eigenvalue weighted by Gasteiger charge is -2.16. The molecule has 1 aromatic carbocycles. The van der Waals surface area contributed by atoms with E-state index in [0.717, 1.165) is 23.7 Å². The van der Waals surface area contributed by atoms with Crippen LogP contribution in [0.3, 0.4) is 0 Å². The zero-order valence-corrected chi connectivity index (χ0v) is 21.2. The van der Waals surface area contributed by atoms with E-state index in [1.807, 2.05) is 32.0 Å². The molecule has 0 spiro atoms. The molecule has 0 unspecified atom stereocenters. The van der Waals surface area contributed by atoms with Crippen LogP contribution in [0.2, 0.25) is 0 Å². The Labute approximate surface area is 209 Å². The van der Waals surface area contributed by atoms with Crippen molar-refractivity contribution in [1.29, 1.82) is 0 Å².